The second-order valence-corrected chi connectivity index (χ2v) is 5.62. The lowest BCUT2D eigenvalue weighted by molar-refractivity contribution is 0.00578. The molecule has 1 saturated carbocycles. The molecule has 1 saturated heterocycles. The van der Waals surface area contributed by atoms with Gasteiger partial charge in [0, 0.05) is 6.04 Å². The van der Waals surface area contributed by atoms with E-state index in [1.807, 2.05) is 0 Å². The van der Waals surface area contributed by atoms with Crippen molar-refractivity contribution in [3.63, 3.8) is 0 Å². The predicted molar refractivity (Wildman–Crippen MR) is 57.0 cm³/mol. The Hall–Kier alpha value is -0.0551. The Bertz CT molecular complexity index is 220. The zero-order chi connectivity index (χ0) is 10.6. The molecule has 1 aliphatic carbocycles. The van der Waals surface area contributed by atoms with Gasteiger partial charge < -0.3 is 15.0 Å². The SMILES string of the molecule is CC1(C)OB(C2CC(N)C2)OC1(C)C. The summed E-state index contributed by atoms with van der Waals surface area (Å²) in [5.74, 6) is 0.506. The summed E-state index contributed by atoms with van der Waals surface area (Å²) in [5.41, 5.74) is 5.37. The maximum absolute atomic E-state index is 5.94. The molecule has 0 unspecified atom stereocenters. The summed E-state index contributed by atoms with van der Waals surface area (Å²) in [6, 6.07) is 0.360. The van der Waals surface area contributed by atoms with Gasteiger partial charge in [-0.1, -0.05) is 0 Å². The van der Waals surface area contributed by atoms with Crippen LogP contribution in [0.2, 0.25) is 5.82 Å². The van der Waals surface area contributed by atoms with Gasteiger partial charge in [0.25, 0.3) is 0 Å². The molecular weight excluding hydrogens is 177 g/mol. The molecule has 2 fully saturated rings. The fourth-order valence-corrected chi connectivity index (χ4v) is 2.01. The quantitative estimate of drug-likeness (QED) is 0.649. The van der Waals surface area contributed by atoms with Gasteiger partial charge in [0.15, 0.2) is 0 Å². The molecule has 2 rings (SSSR count). The summed E-state index contributed by atoms with van der Waals surface area (Å²) in [5, 5.41) is 0. The normalized spacial score (nSPS) is 39.6. The lowest BCUT2D eigenvalue weighted by Gasteiger charge is -2.33. The molecule has 0 aromatic rings. The van der Waals surface area contributed by atoms with Crippen LogP contribution in [0.4, 0.5) is 0 Å². The van der Waals surface area contributed by atoms with E-state index in [0.29, 0.717) is 11.9 Å². The van der Waals surface area contributed by atoms with Gasteiger partial charge in [0.2, 0.25) is 0 Å². The lowest BCUT2D eigenvalue weighted by atomic mass is 9.58. The van der Waals surface area contributed by atoms with Crippen LogP contribution in [0, 0.1) is 0 Å². The van der Waals surface area contributed by atoms with Crippen molar-refractivity contribution in [1.82, 2.24) is 0 Å². The van der Waals surface area contributed by atoms with Crippen LogP contribution in [-0.4, -0.2) is 24.4 Å². The van der Waals surface area contributed by atoms with Gasteiger partial charge in [-0.05, 0) is 46.4 Å². The largest absolute Gasteiger partial charge is 0.461 e. The first-order chi connectivity index (χ1) is 6.32. The smallest absolute Gasteiger partial charge is 0.403 e. The molecule has 0 amide bonds. The zero-order valence-electron chi connectivity index (χ0n) is 9.54. The molecule has 4 heteroatoms. The van der Waals surface area contributed by atoms with Gasteiger partial charge in [-0.15, -0.1) is 0 Å². The van der Waals surface area contributed by atoms with Crippen molar-refractivity contribution >= 4 is 7.12 Å². The lowest BCUT2D eigenvalue weighted by Crippen LogP contribution is -2.42. The summed E-state index contributed by atoms with van der Waals surface area (Å²) in [6.45, 7) is 8.36. The topological polar surface area (TPSA) is 44.5 Å². The molecule has 0 aromatic carbocycles. The fraction of sp³-hybridized carbons (Fsp3) is 1.00. The minimum Gasteiger partial charge on any atom is -0.403 e. The third-order valence-electron chi connectivity index (χ3n) is 3.87. The second kappa shape index (κ2) is 2.97. The third kappa shape index (κ3) is 1.49. The van der Waals surface area contributed by atoms with Crippen LogP contribution in [0.1, 0.15) is 40.5 Å². The van der Waals surface area contributed by atoms with E-state index in [0.717, 1.165) is 12.8 Å². The van der Waals surface area contributed by atoms with E-state index in [2.05, 4.69) is 27.7 Å². The Morgan fingerprint density at radius 2 is 1.50 bits per heavy atom. The van der Waals surface area contributed by atoms with Crippen molar-refractivity contribution in [3.8, 4) is 0 Å². The summed E-state index contributed by atoms with van der Waals surface area (Å²) >= 11 is 0. The standard InChI is InChI=1S/C10H20BNO2/c1-9(2)10(3,4)14-11(13-9)7-5-8(12)6-7/h7-8H,5-6,12H2,1-4H3. The third-order valence-corrected chi connectivity index (χ3v) is 3.87. The van der Waals surface area contributed by atoms with E-state index in [1.54, 1.807) is 0 Å². The number of hydrogen-bond donors (Lipinski definition) is 1. The fourth-order valence-electron chi connectivity index (χ4n) is 2.01. The average Bonchev–Trinajstić information content (AvgIpc) is 2.15. The molecule has 2 N–H and O–H groups in total. The minimum atomic E-state index is -0.197. The Labute approximate surface area is 86.5 Å². The van der Waals surface area contributed by atoms with Crippen LogP contribution in [0.25, 0.3) is 0 Å². The van der Waals surface area contributed by atoms with Crippen LogP contribution >= 0.6 is 0 Å². The Morgan fingerprint density at radius 3 is 1.86 bits per heavy atom. The number of hydrogen-bond acceptors (Lipinski definition) is 3. The van der Waals surface area contributed by atoms with Crippen LogP contribution in [-0.2, 0) is 9.31 Å². The van der Waals surface area contributed by atoms with Crippen LogP contribution in [0.15, 0.2) is 0 Å². The number of rotatable bonds is 1. The van der Waals surface area contributed by atoms with E-state index in [9.17, 15) is 0 Å². The molecule has 0 atom stereocenters. The summed E-state index contributed by atoms with van der Waals surface area (Å²) in [7, 11) is -0.0419. The van der Waals surface area contributed by atoms with Gasteiger partial charge in [0.05, 0.1) is 11.2 Å². The average molecular weight is 197 g/mol. The second-order valence-electron chi connectivity index (χ2n) is 5.62. The highest BCUT2D eigenvalue weighted by molar-refractivity contribution is 6.47. The molecule has 80 valence electrons. The molecule has 2 aliphatic rings. The molecule has 1 heterocycles. The Kier molecular flexibility index (Phi) is 2.22. The number of nitrogens with two attached hydrogens (primary N) is 1. The van der Waals surface area contributed by atoms with E-state index in [-0.39, 0.29) is 18.3 Å². The molecule has 0 spiro atoms. The minimum absolute atomic E-state index is 0.0419. The molecule has 0 aromatic heterocycles. The molecule has 1 aliphatic heterocycles. The van der Waals surface area contributed by atoms with E-state index >= 15 is 0 Å². The molecule has 14 heavy (non-hydrogen) atoms. The maximum atomic E-state index is 5.94. The summed E-state index contributed by atoms with van der Waals surface area (Å²) in [6.07, 6.45) is 2.08. The first-order valence-corrected chi connectivity index (χ1v) is 5.43. The van der Waals surface area contributed by atoms with E-state index in [1.165, 1.54) is 0 Å². The first kappa shape index (κ1) is 10.5. The predicted octanol–water partition coefficient (Wildman–Crippen LogP) is 1.57. The van der Waals surface area contributed by atoms with Crippen molar-refractivity contribution in [3.05, 3.63) is 0 Å². The van der Waals surface area contributed by atoms with E-state index in [4.69, 9.17) is 15.0 Å². The summed E-state index contributed by atoms with van der Waals surface area (Å²) in [4.78, 5) is 0. The van der Waals surface area contributed by atoms with Gasteiger partial charge in [-0.2, -0.15) is 0 Å². The van der Waals surface area contributed by atoms with Gasteiger partial charge in [-0.3, -0.25) is 0 Å². The van der Waals surface area contributed by atoms with Crippen LogP contribution < -0.4 is 5.73 Å². The highest BCUT2D eigenvalue weighted by Gasteiger charge is 2.55. The van der Waals surface area contributed by atoms with Gasteiger partial charge >= 0.3 is 7.12 Å². The molecular formula is C10H20BNO2. The van der Waals surface area contributed by atoms with Crippen molar-refractivity contribution < 1.29 is 9.31 Å². The van der Waals surface area contributed by atoms with Crippen molar-refractivity contribution in [2.75, 3.05) is 0 Å². The Balaban J connectivity index is 2.00. The summed E-state index contributed by atoms with van der Waals surface area (Å²) < 4.78 is 11.9. The molecule has 0 bridgehead atoms. The monoisotopic (exact) mass is 197 g/mol. The van der Waals surface area contributed by atoms with Crippen molar-refractivity contribution in [2.45, 2.75) is 63.6 Å². The maximum Gasteiger partial charge on any atom is 0.461 e. The van der Waals surface area contributed by atoms with Crippen molar-refractivity contribution in [1.29, 1.82) is 0 Å². The zero-order valence-corrected chi connectivity index (χ0v) is 9.54. The molecule has 0 radical (unpaired) electrons. The van der Waals surface area contributed by atoms with Gasteiger partial charge in [-0.25, -0.2) is 0 Å². The van der Waals surface area contributed by atoms with Crippen LogP contribution in [0.3, 0.4) is 0 Å². The van der Waals surface area contributed by atoms with E-state index < -0.39 is 0 Å². The Morgan fingerprint density at radius 1 is 1.07 bits per heavy atom. The van der Waals surface area contributed by atoms with Crippen LogP contribution in [0.5, 0.6) is 0 Å². The van der Waals surface area contributed by atoms with Gasteiger partial charge in [0.1, 0.15) is 0 Å². The highest BCUT2D eigenvalue weighted by Crippen LogP contribution is 2.45. The molecule has 3 nitrogen and oxygen atoms in total. The highest BCUT2D eigenvalue weighted by atomic mass is 16.7. The van der Waals surface area contributed by atoms with Crippen molar-refractivity contribution in [2.24, 2.45) is 5.73 Å². The first-order valence-electron chi connectivity index (χ1n) is 5.43.